The second-order valence-corrected chi connectivity index (χ2v) is 3.52. The van der Waals surface area contributed by atoms with Crippen molar-refractivity contribution >= 4 is 11.9 Å². The molecule has 1 amide bonds. The molecule has 6 nitrogen and oxygen atoms in total. The highest BCUT2D eigenvalue weighted by atomic mass is 16.4. The first-order chi connectivity index (χ1) is 7.47. The average molecular weight is 226 g/mol. The maximum atomic E-state index is 10.7. The number of aliphatic carboxylic acids is 1. The predicted molar refractivity (Wildman–Crippen MR) is 55.6 cm³/mol. The number of hydrogen-bond donors (Lipinski definition) is 2. The van der Waals surface area contributed by atoms with Gasteiger partial charge in [-0.1, -0.05) is 0 Å². The summed E-state index contributed by atoms with van der Waals surface area (Å²) in [5.41, 5.74) is 5.02. The third kappa shape index (κ3) is 4.14. The number of carboxylic acids is 1. The summed E-state index contributed by atoms with van der Waals surface area (Å²) in [5.74, 6) is -0.224. The zero-order valence-corrected chi connectivity index (χ0v) is 8.97. The van der Waals surface area contributed by atoms with Gasteiger partial charge >= 0.3 is 5.97 Å². The van der Waals surface area contributed by atoms with E-state index in [2.05, 4.69) is 0 Å². The molecule has 0 aliphatic rings. The molecule has 0 aliphatic heterocycles. The Morgan fingerprint density at radius 2 is 2.12 bits per heavy atom. The van der Waals surface area contributed by atoms with Crippen LogP contribution in [0.1, 0.15) is 11.5 Å². The highest BCUT2D eigenvalue weighted by Crippen LogP contribution is 2.09. The molecular weight excluding hydrogens is 212 g/mol. The van der Waals surface area contributed by atoms with E-state index in [9.17, 15) is 9.59 Å². The Bertz CT molecular complexity index is 370. The van der Waals surface area contributed by atoms with Crippen molar-refractivity contribution in [2.45, 2.75) is 13.5 Å². The van der Waals surface area contributed by atoms with Crippen molar-refractivity contribution < 1.29 is 19.1 Å². The molecule has 0 bridgehead atoms. The van der Waals surface area contributed by atoms with Gasteiger partial charge in [-0.15, -0.1) is 0 Å². The average Bonchev–Trinajstić information content (AvgIpc) is 2.48. The molecule has 16 heavy (non-hydrogen) atoms. The van der Waals surface area contributed by atoms with Crippen LogP contribution in [0.5, 0.6) is 0 Å². The van der Waals surface area contributed by atoms with Crippen LogP contribution >= 0.6 is 0 Å². The summed E-state index contributed by atoms with van der Waals surface area (Å²) >= 11 is 0. The highest BCUT2D eigenvalue weighted by molar-refractivity contribution is 5.77. The van der Waals surface area contributed by atoms with Crippen molar-refractivity contribution in [3.8, 4) is 0 Å². The largest absolute Gasteiger partial charge is 0.480 e. The van der Waals surface area contributed by atoms with Crippen LogP contribution < -0.4 is 5.73 Å². The Morgan fingerprint density at radius 1 is 1.44 bits per heavy atom. The maximum Gasteiger partial charge on any atom is 0.317 e. The lowest BCUT2D eigenvalue weighted by Crippen LogP contribution is -2.36. The summed E-state index contributed by atoms with van der Waals surface area (Å²) in [6.45, 7) is 1.69. The van der Waals surface area contributed by atoms with Crippen LogP contribution in [0.3, 0.4) is 0 Å². The number of amides is 1. The Balaban J connectivity index is 2.62. The van der Waals surface area contributed by atoms with E-state index in [-0.39, 0.29) is 19.6 Å². The molecule has 0 fully saturated rings. The molecule has 0 saturated carbocycles. The summed E-state index contributed by atoms with van der Waals surface area (Å²) in [5, 5.41) is 8.66. The molecule has 0 radical (unpaired) electrons. The van der Waals surface area contributed by atoms with E-state index in [1.807, 2.05) is 0 Å². The van der Waals surface area contributed by atoms with Crippen molar-refractivity contribution in [2.24, 2.45) is 5.73 Å². The zero-order valence-electron chi connectivity index (χ0n) is 8.97. The lowest BCUT2D eigenvalue weighted by molar-refractivity contribution is -0.138. The van der Waals surface area contributed by atoms with Crippen molar-refractivity contribution in [1.29, 1.82) is 0 Å². The third-order valence-electron chi connectivity index (χ3n) is 1.91. The number of hydrogen-bond acceptors (Lipinski definition) is 4. The van der Waals surface area contributed by atoms with Crippen LogP contribution in [-0.2, 0) is 16.1 Å². The monoisotopic (exact) mass is 226 g/mol. The van der Waals surface area contributed by atoms with Gasteiger partial charge in [0, 0.05) is 0 Å². The van der Waals surface area contributed by atoms with Crippen molar-refractivity contribution in [2.75, 3.05) is 13.1 Å². The predicted octanol–water partition coefficient (Wildman–Crippen LogP) is -0.0401. The molecular formula is C10H14N2O4. The Hall–Kier alpha value is -1.82. The highest BCUT2D eigenvalue weighted by Gasteiger charge is 2.14. The van der Waals surface area contributed by atoms with E-state index in [0.717, 1.165) is 5.76 Å². The van der Waals surface area contributed by atoms with Gasteiger partial charge < -0.3 is 15.3 Å². The number of furan rings is 1. The molecule has 0 atom stereocenters. The molecule has 88 valence electrons. The topological polar surface area (TPSA) is 96.8 Å². The normalized spacial score (nSPS) is 10.6. The molecule has 1 rings (SSSR count). The molecule has 1 aromatic rings. The van der Waals surface area contributed by atoms with Crippen LogP contribution in [0.2, 0.25) is 0 Å². The van der Waals surface area contributed by atoms with Crippen LogP contribution in [0, 0.1) is 6.92 Å². The first-order valence-electron chi connectivity index (χ1n) is 4.75. The van der Waals surface area contributed by atoms with Gasteiger partial charge in [0.15, 0.2) is 0 Å². The Morgan fingerprint density at radius 3 is 2.56 bits per heavy atom. The van der Waals surface area contributed by atoms with Gasteiger partial charge in [-0.05, 0) is 19.1 Å². The van der Waals surface area contributed by atoms with Gasteiger partial charge in [-0.2, -0.15) is 0 Å². The van der Waals surface area contributed by atoms with E-state index in [1.165, 1.54) is 4.90 Å². The summed E-state index contributed by atoms with van der Waals surface area (Å²) < 4.78 is 5.29. The van der Waals surface area contributed by atoms with E-state index < -0.39 is 11.9 Å². The van der Waals surface area contributed by atoms with Crippen LogP contribution in [0.25, 0.3) is 0 Å². The van der Waals surface area contributed by atoms with Crippen LogP contribution in [0.4, 0.5) is 0 Å². The zero-order chi connectivity index (χ0) is 12.1. The van der Waals surface area contributed by atoms with Crippen LogP contribution in [0.15, 0.2) is 16.5 Å². The molecule has 0 unspecified atom stereocenters. The van der Waals surface area contributed by atoms with Gasteiger partial charge in [0.05, 0.1) is 19.6 Å². The fourth-order valence-electron chi connectivity index (χ4n) is 1.37. The lowest BCUT2D eigenvalue weighted by Gasteiger charge is -2.16. The van der Waals surface area contributed by atoms with E-state index in [0.29, 0.717) is 5.76 Å². The minimum atomic E-state index is -1.01. The number of carboxylic acid groups (broad SMARTS) is 1. The number of nitrogens with zero attached hydrogens (tertiary/aromatic N) is 1. The van der Waals surface area contributed by atoms with Gasteiger partial charge in [0.1, 0.15) is 11.5 Å². The van der Waals surface area contributed by atoms with E-state index in [1.54, 1.807) is 19.1 Å². The molecule has 0 aromatic carbocycles. The summed E-state index contributed by atoms with van der Waals surface area (Å²) in [4.78, 5) is 22.7. The van der Waals surface area contributed by atoms with E-state index in [4.69, 9.17) is 15.3 Å². The van der Waals surface area contributed by atoms with Gasteiger partial charge in [-0.25, -0.2) is 0 Å². The maximum absolute atomic E-state index is 10.7. The molecule has 1 aromatic heterocycles. The van der Waals surface area contributed by atoms with Gasteiger partial charge in [-0.3, -0.25) is 14.5 Å². The summed E-state index contributed by atoms with van der Waals surface area (Å²) in [6, 6.07) is 3.52. The third-order valence-corrected chi connectivity index (χ3v) is 1.91. The van der Waals surface area contributed by atoms with Crippen LogP contribution in [-0.4, -0.2) is 35.0 Å². The van der Waals surface area contributed by atoms with E-state index >= 15 is 0 Å². The first kappa shape index (κ1) is 12.3. The number of nitrogens with two attached hydrogens (primary N) is 1. The number of primary amides is 1. The number of aryl methyl sites for hydroxylation is 1. The molecule has 0 saturated heterocycles. The molecule has 1 heterocycles. The standard InChI is InChI=1S/C10H14N2O4/c1-7-2-3-8(16-7)4-12(5-9(11)13)6-10(14)15/h2-3H,4-6H2,1H3,(H2,11,13)(H,14,15). The molecule has 0 spiro atoms. The molecule has 0 aliphatic carbocycles. The molecule has 3 N–H and O–H groups in total. The Labute approximate surface area is 92.6 Å². The second-order valence-electron chi connectivity index (χ2n) is 3.52. The fourth-order valence-corrected chi connectivity index (χ4v) is 1.37. The summed E-state index contributed by atoms with van der Waals surface area (Å²) in [7, 11) is 0. The van der Waals surface area contributed by atoms with Gasteiger partial charge in [0.2, 0.25) is 5.91 Å². The second kappa shape index (κ2) is 5.32. The van der Waals surface area contributed by atoms with Crippen molar-refractivity contribution in [3.05, 3.63) is 23.7 Å². The quantitative estimate of drug-likeness (QED) is 0.709. The van der Waals surface area contributed by atoms with Crippen molar-refractivity contribution in [3.63, 3.8) is 0 Å². The number of rotatable bonds is 6. The smallest absolute Gasteiger partial charge is 0.317 e. The fraction of sp³-hybridized carbons (Fsp3) is 0.400. The Kier molecular flexibility index (Phi) is 4.07. The van der Waals surface area contributed by atoms with Crippen molar-refractivity contribution in [1.82, 2.24) is 4.90 Å². The molecule has 6 heteroatoms. The first-order valence-corrected chi connectivity index (χ1v) is 4.75. The number of carbonyl (C=O) groups excluding carboxylic acids is 1. The minimum Gasteiger partial charge on any atom is -0.480 e. The minimum absolute atomic E-state index is 0.105. The lowest BCUT2D eigenvalue weighted by atomic mass is 10.3. The number of carbonyl (C=O) groups is 2. The summed E-state index contributed by atoms with van der Waals surface area (Å²) in [6.07, 6.45) is 0. The SMILES string of the molecule is Cc1ccc(CN(CC(N)=O)CC(=O)O)o1. The van der Waals surface area contributed by atoms with Gasteiger partial charge in [0.25, 0.3) is 0 Å².